The number of thiol groups is 2. The first-order valence-corrected chi connectivity index (χ1v) is 4.00. The van der Waals surface area contributed by atoms with Crippen molar-refractivity contribution >= 4 is 37.0 Å². The highest BCUT2D eigenvalue weighted by atomic mass is 32.2. The molecule has 7 heteroatoms. The number of rotatable bonds is 4. The van der Waals surface area contributed by atoms with E-state index in [9.17, 15) is 9.59 Å². The van der Waals surface area contributed by atoms with Gasteiger partial charge < -0.3 is 16.6 Å². The molecule has 5 nitrogen and oxygen atoms in total. The number of Topliss-reactive ketones (excluding diaryl/α,β-unsaturated/α-hetero) is 1. The fourth-order valence-corrected chi connectivity index (χ4v) is 1.06. The van der Waals surface area contributed by atoms with E-state index in [1.54, 1.807) is 0 Å². The van der Waals surface area contributed by atoms with Gasteiger partial charge in [0.05, 0.1) is 6.42 Å². The highest BCUT2D eigenvalue weighted by molar-refractivity contribution is 8.00. The number of hydrogen-bond acceptors (Lipinski definition) is 6. The van der Waals surface area contributed by atoms with E-state index in [1.165, 1.54) is 0 Å². The van der Waals surface area contributed by atoms with E-state index >= 15 is 0 Å². The summed E-state index contributed by atoms with van der Waals surface area (Å²) < 4.78 is -0.959. The highest BCUT2D eigenvalue weighted by Crippen LogP contribution is 2.10. The van der Waals surface area contributed by atoms with Crippen molar-refractivity contribution in [1.82, 2.24) is 0 Å². The molecule has 0 heterocycles. The van der Waals surface area contributed by atoms with Crippen LogP contribution in [0.1, 0.15) is 6.42 Å². The van der Waals surface area contributed by atoms with Gasteiger partial charge in [-0.2, -0.15) is 25.3 Å². The third-order valence-electron chi connectivity index (χ3n) is 1.14. The molecule has 0 aliphatic heterocycles. The van der Waals surface area contributed by atoms with Crippen molar-refractivity contribution in [2.75, 3.05) is 0 Å². The second-order valence-corrected chi connectivity index (χ2v) is 3.79. The maximum absolute atomic E-state index is 11.0. The van der Waals surface area contributed by atoms with Crippen LogP contribution in [0.3, 0.4) is 0 Å². The minimum atomic E-state index is -1.89. The van der Waals surface area contributed by atoms with Gasteiger partial charge in [-0.15, -0.1) is 0 Å². The van der Waals surface area contributed by atoms with Crippen LogP contribution >= 0.6 is 25.3 Å². The zero-order valence-electron chi connectivity index (χ0n) is 6.10. The Morgan fingerprint density at radius 1 is 1.42 bits per heavy atom. The van der Waals surface area contributed by atoms with Crippen molar-refractivity contribution in [1.29, 1.82) is 0 Å². The van der Waals surface area contributed by atoms with Crippen LogP contribution in [0.5, 0.6) is 0 Å². The number of nitrogens with two attached hydrogens (primary N) is 2. The Balaban J connectivity index is 4.39. The monoisotopic (exact) mass is 210 g/mol. The third-order valence-corrected chi connectivity index (χ3v) is 1.61. The Hall–Kier alpha value is -0.240. The summed E-state index contributed by atoms with van der Waals surface area (Å²) in [4.78, 5) is 21.2. The number of hydrogen-bond donors (Lipinski definition) is 5. The molecule has 0 saturated heterocycles. The van der Waals surface area contributed by atoms with Crippen LogP contribution in [-0.4, -0.2) is 27.1 Å². The average Bonchev–Trinajstić information content (AvgIpc) is 1.82. The molecule has 12 heavy (non-hydrogen) atoms. The van der Waals surface area contributed by atoms with Gasteiger partial charge in [0.2, 0.25) is 0 Å². The smallest absolute Gasteiger partial charge is 0.307 e. The molecule has 0 aromatic carbocycles. The minimum Gasteiger partial charge on any atom is -0.481 e. The van der Waals surface area contributed by atoms with Crippen LogP contribution in [-0.2, 0) is 9.59 Å². The summed E-state index contributed by atoms with van der Waals surface area (Å²) in [5, 5.41) is 8.32. The maximum atomic E-state index is 11.0. The zero-order valence-corrected chi connectivity index (χ0v) is 7.89. The van der Waals surface area contributed by atoms with Gasteiger partial charge in [-0.3, -0.25) is 9.59 Å². The molecule has 0 bridgehead atoms. The normalized spacial score (nSPS) is 11.8. The number of carbonyl (C=O) groups is 2. The Morgan fingerprint density at radius 3 is 2.08 bits per heavy atom. The van der Waals surface area contributed by atoms with Crippen molar-refractivity contribution < 1.29 is 14.7 Å². The van der Waals surface area contributed by atoms with E-state index in [-0.39, 0.29) is 0 Å². The van der Waals surface area contributed by atoms with Crippen molar-refractivity contribution in [2.24, 2.45) is 11.5 Å². The Morgan fingerprint density at radius 2 is 1.83 bits per heavy atom. The molecule has 5 N–H and O–H groups in total. The van der Waals surface area contributed by atoms with Crippen LogP contribution in [0, 0.1) is 0 Å². The van der Waals surface area contributed by atoms with Gasteiger partial charge in [-0.1, -0.05) is 0 Å². The molecule has 0 fully saturated rings. The molecule has 0 unspecified atom stereocenters. The number of carbonyl (C=O) groups excluding carboxylic acids is 1. The Labute approximate surface area is 80.3 Å². The Kier molecular flexibility index (Phi) is 4.04. The predicted molar refractivity (Wildman–Crippen MR) is 50.1 cm³/mol. The van der Waals surface area contributed by atoms with Crippen molar-refractivity contribution in [3.05, 3.63) is 0 Å². The quantitative estimate of drug-likeness (QED) is 0.297. The van der Waals surface area contributed by atoms with Crippen molar-refractivity contribution in [2.45, 2.75) is 16.7 Å². The van der Waals surface area contributed by atoms with E-state index in [2.05, 4.69) is 25.3 Å². The van der Waals surface area contributed by atoms with Gasteiger partial charge in [0, 0.05) is 0 Å². The van der Waals surface area contributed by atoms with Crippen molar-refractivity contribution in [3.8, 4) is 0 Å². The molecule has 0 aliphatic carbocycles. The van der Waals surface area contributed by atoms with E-state index in [0.717, 1.165) is 0 Å². The lowest BCUT2D eigenvalue weighted by Crippen LogP contribution is -2.59. The lowest BCUT2D eigenvalue weighted by molar-refractivity contribution is -0.141. The summed E-state index contributed by atoms with van der Waals surface area (Å²) in [5.41, 5.74) is 8.53. The molecule has 70 valence electrons. The van der Waals surface area contributed by atoms with Crippen LogP contribution in [0.2, 0.25) is 0 Å². The standard InChI is InChI=1S/C5H10N2O3S2/c6-5(7,1-2(8)9)3(10)4(11)12/h4,11-12H,1,6-7H2,(H,8,9). The lowest BCUT2D eigenvalue weighted by Gasteiger charge is -2.21. The van der Waals surface area contributed by atoms with E-state index in [1.807, 2.05) is 0 Å². The van der Waals surface area contributed by atoms with Gasteiger partial charge in [0.1, 0.15) is 10.2 Å². The largest absolute Gasteiger partial charge is 0.481 e. The molecular formula is C5H10N2O3S2. The number of carboxylic acids is 1. The summed E-state index contributed by atoms with van der Waals surface area (Å²) in [5.74, 6) is -1.95. The second kappa shape index (κ2) is 4.13. The third kappa shape index (κ3) is 3.44. The van der Waals surface area contributed by atoms with Gasteiger partial charge in [0.25, 0.3) is 0 Å². The topological polar surface area (TPSA) is 106 Å². The van der Waals surface area contributed by atoms with E-state index in [0.29, 0.717) is 0 Å². The zero-order chi connectivity index (χ0) is 9.94. The molecule has 0 saturated carbocycles. The van der Waals surface area contributed by atoms with Crippen LogP contribution in [0.15, 0.2) is 0 Å². The summed E-state index contributed by atoms with van der Waals surface area (Å²) in [6.45, 7) is 0. The SMILES string of the molecule is NC(N)(CC(=O)O)C(=O)C(S)S. The van der Waals surface area contributed by atoms with Gasteiger partial charge in [0.15, 0.2) is 5.78 Å². The number of ketones is 1. The molecule has 0 atom stereocenters. The molecule has 0 aliphatic rings. The summed E-state index contributed by atoms with van der Waals surface area (Å²) >= 11 is 7.34. The first kappa shape index (κ1) is 11.8. The van der Waals surface area contributed by atoms with Crippen LogP contribution in [0.4, 0.5) is 0 Å². The molecule has 0 rings (SSSR count). The summed E-state index contributed by atoms with van der Waals surface area (Å²) in [7, 11) is 0. The van der Waals surface area contributed by atoms with Gasteiger partial charge in [-0.05, 0) is 0 Å². The van der Waals surface area contributed by atoms with E-state index < -0.39 is 28.4 Å². The molecule has 0 spiro atoms. The van der Waals surface area contributed by atoms with Crippen molar-refractivity contribution in [3.63, 3.8) is 0 Å². The van der Waals surface area contributed by atoms with Gasteiger partial charge in [-0.25, -0.2) is 0 Å². The predicted octanol–water partition coefficient (Wildman–Crippen LogP) is -1.17. The molecular weight excluding hydrogens is 200 g/mol. The molecule has 0 radical (unpaired) electrons. The first-order valence-electron chi connectivity index (χ1n) is 2.97. The number of carboxylic acid groups (broad SMARTS) is 1. The second-order valence-electron chi connectivity index (χ2n) is 2.35. The van der Waals surface area contributed by atoms with Crippen LogP contribution in [0.25, 0.3) is 0 Å². The fourth-order valence-electron chi connectivity index (χ4n) is 0.578. The van der Waals surface area contributed by atoms with Crippen LogP contribution < -0.4 is 11.5 Å². The molecule has 0 amide bonds. The lowest BCUT2D eigenvalue weighted by atomic mass is 10.0. The average molecular weight is 210 g/mol. The van der Waals surface area contributed by atoms with Gasteiger partial charge >= 0.3 is 5.97 Å². The summed E-state index contributed by atoms with van der Waals surface area (Å²) in [6, 6.07) is 0. The highest BCUT2D eigenvalue weighted by Gasteiger charge is 2.34. The van der Waals surface area contributed by atoms with E-state index in [4.69, 9.17) is 16.6 Å². The fraction of sp³-hybridized carbons (Fsp3) is 0.600. The maximum Gasteiger partial charge on any atom is 0.307 e. The Bertz CT molecular complexity index is 205. The summed E-state index contributed by atoms with van der Waals surface area (Å²) in [6.07, 6.45) is -0.635. The number of aliphatic carboxylic acids is 1. The minimum absolute atomic E-state index is 0.635. The molecule has 0 aromatic rings. The molecule has 0 aromatic heterocycles. The first-order chi connectivity index (χ1) is 5.27.